The Labute approximate surface area is 106 Å². The lowest BCUT2D eigenvalue weighted by Gasteiger charge is -2.11. The van der Waals surface area contributed by atoms with Gasteiger partial charge in [0, 0.05) is 13.1 Å². The summed E-state index contributed by atoms with van der Waals surface area (Å²) in [6, 6.07) is 6.06. The highest BCUT2D eigenvalue weighted by molar-refractivity contribution is 7.91. The SMILES string of the molecule is CCS(=O)(=O)c1ccccc1NCCNC(N)=O. The van der Waals surface area contributed by atoms with E-state index in [0.717, 1.165) is 0 Å². The molecule has 7 heteroatoms. The monoisotopic (exact) mass is 271 g/mol. The Hall–Kier alpha value is -1.76. The van der Waals surface area contributed by atoms with Gasteiger partial charge in [-0.3, -0.25) is 0 Å². The summed E-state index contributed by atoms with van der Waals surface area (Å²) in [5, 5.41) is 5.37. The zero-order valence-electron chi connectivity index (χ0n) is 10.1. The fourth-order valence-corrected chi connectivity index (χ4v) is 2.49. The fourth-order valence-electron chi connectivity index (χ4n) is 1.42. The van der Waals surface area contributed by atoms with Crippen molar-refractivity contribution in [2.75, 3.05) is 24.2 Å². The normalized spacial score (nSPS) is 10.9. The van der Waals surface area contributed by atoms with E-state index in [1.807, 2.05) is 0 Å². The van der Waals surface area contributed by atoms with Gasteiger partial charge in [-0.05, 0) is 12.1 Å². The molecule has 0 aliphatic heterocycles. The lowest BCUT2D eigenvalue weighted by molar-refractivity contribution is 0.249. The van der Waals surface area contributed by atoms with Gasteiger partial charge in [-0.1, -0.05) is 19.1 Å². The summed E-state index contributed by atoms with van der Waals surface area (Å²) in [7, 11) is -3.26. The molecule has 6 nitrogen and oxygen atoms in total. The number of rotatable bonds is 6. The fraction of sp³-hybridized carbons (Fsp3) is 0.364. The molecule has 2 amide bonds. The van der Waals surface area contributed by atoms with Gasteiger partial charge in [-0.15, -0.1) is 0 Å². The van der Waals surface area contributed by atoms with Crippen molar-refractivity contribution in [2.24, 2.45) is 5.73 Å². The van der Waals surface area contributed by atoms with E-state index in [1.54, 1.807) is 31.2 Å². The number of nitrogens with one attached hydrogen (secondary N) is 2. The van der Waals surface area contributed by atoms with Crippen LogP contribution >= 0.6 is 0 Å². The summed E-state index contributed by atoms with van der Waals surface area (Å²) >= 11 is 0. The quantitative estimate of drug-likeness (QED) is 0.658. The van der Waals surface area contributed by atoms with Crippen LogP contribution in [0.2, 0.25) is 0 Å². The molecule has 18 heavy (non-hydrogen) atoms. The van der Waals surface area contributed by atoms with Gasteiger partial charge in [0.15, 0.2) is 9.84 Å². The number of para-hydroxylation sites is 1. The standard InChI is InChI=1S/C11H17N3O3S/c1-2-18(16,17)10-6-4-3-5-9(10)13-7-8-14-11(12)15/h3-6,13H,2,7-8H2,1H3,(H3,12,14,15). The lowest BCUT2D eigenvalue weighted by Crippen LogP contribution is -2.33. The van der Waals surface area contributed by atoms with Crippen molar-refractivity contribution >= 4 is 21.6 Å². The van der Waals surface area contributed by atoms with Crippen LogP contribution in [0.1, 0.15) is 6.92 Å². The molecule has 0 atom stereocenters. The third kappa shape index (κ3) is 3.92. The maximum Gasteiger partial charge on any atom is 0.312 e. The minimum atomic E-state index is -3.26. The molecule has 1 aromatic carbocycles. The molecule has 0 aliphatic carbocycles. The molecule has 0 saturated carbocycles. The Balaban J connectivity index is 2.75. The molecule has 0 saturated heterocycles. The smallest absolute Gasteiger partial charge is 0.312 e. The van der Waals surface area contributed by atoms with Gasteiger partial charge in [0.25, 0.3) is 0 Å². The van der Waals surface area contributed by atoms with E-state index in [-0.39, 0.29) is 10.6 Å². The molecule has 0 unspecified atom stereocenters. The topological polar surface area (TPSA) is 101 Å². The van der Waals surface area contributed by atoms with E-state index in [1.165, 1.54) is 0 Å². The minimum Gasteiger partial charge on any atom is -0.382 e. The average Bonchev–Trinajstić information content (AvgIpc) is 2.35. The van der Waals surface area contributed by atoms with Crippen LogP contribution in [0.5, 0.6) is 0 Å². The second-order valence-corrected chi connectivity index (χ2v) is 5.86. The highest BCUT2D eigenvalue weighted by Gasteiger charge is 2.15. The molecule has 0 bridgehead atoms. The first-order valence-corrected chi connectivity index (χ1v) is 7.21. The highest BCUT2D eigenvalue weighted by atomic mass is 32.2. The molecule has 0 aliphatic rings. The van der Waals surface area contributed by atoms with Crippen LogP contribution in [0.4, 0.5) is 10.5 Å². The number of hydrogen-bond donors (Lipinski definition) is 3. The van der Waals surface area contributed by atoms with Crippen LogP contribution in [0.25, 0.3) is 0 Å². The first-order valence-electron chi connectivity index (χ1n) is 5.56. The summed E-state index contributed by atoms with van der Waals surface area (Å²) in [6.45, 7) is 2.33. The Morgan fingerprint density at radius 1 is 1.28 bits per heavy atom. The van der Waals surface area contributed by atoms with Gasteiger partial charge in [0.1, 0.15) is 0 Å². The molecule has 1 aromatic rings. The van der Waals surface area contributed by atoms with Gasteiger partial charge in [-0.2, -0.15) is 0 Å². The van der Waals surface area contributed by atoms with Gasteiger partial charge < -0.3 is 16.4 Å². The summed E-state index contributed by atoms with van der Waals surface area (Å²) in [4.78, 5) is 10.7. The third-order valence-corrected chi connectivity index (χ3v) is 4.13. The van der Waals surface area contributed by atoms with E-state index in [9.17, 15) is 13.2 Å². The van der Waals surface area contributed by atoms with E-state index < -0.39 is 15.9 Å². The number of urea groups is 1. The van der Waals surface area contributed by atoms with E-state index >= 15 is 0 Å². The number of nitrogens with two attached hydrogens (primary N) is 1. The molecule has 0 heterocycles. The molecule has 1 rings (SSSR count). The number of amides is 2. The van der Waals surface area contributed by atoms with Crippen LogP contribution in [-0.4, -0.2) is 33.3 Å². The number of sulfone groups is 1. The molecule has 0 spiro atoms. The van der Waals surface area contributed by atoms with Gasteiger partial charge >= 0.3 is 6.03 Å². The summed E-state index contributed by atoms with van der Waals surface area (Å²) in [6.07, 6.45) is 0. The van der Waals surface area contributed by atoms with Crippen LogP contribution in [0.3, 0.4) is 0 Å². The summed E-state index contributed by atoms with van der Waals surface area (Å²) < 4.78 is 23.7. The second-order valence-electron chi connectivity index (χ2n) is 3.62. The van der Waals surface area contributed by atoms with Crippen molar-refractivity contribution in [3.8, 4) is 0 Å². The van der Waals surface area contributed by atoms with E-state index in [0.29, 0.717) is 18.8 Å². The summed E-state index contributed by atoms with van der Waals surface area (Å²) in [5.41, 5.74) is 5.45. The molecule has 0 aromatic heterocycles. The van der Waals surface area contributed by atoms with Crippen molar-refractivity contribution in [3.63, 3.8) is 0 Å². The van der Waals surface area contributed by atoms with Crippen molar-refractivity contribution in [1.82, 2.24) is 5.32 Å². The highest BCUT2D eigenvalue weighted by Crippen LogP contribution is 2.21. The van der Waals surface area contributed by atoms with Crippen LogP contribution < -0.4 is 16.4 Å². The van der Waals surface area contributed by atoms with Crippen molar-refractivity contribution in [3.05, 3.63) is 24.3 Å². The number of anilines is 1. The first-order chi connectivity index (χ1) is 8.47. The average molecular weight is 271 g/mol. The van der Waals surface area contributed by atoms with Crippen molar-refractivity contribution in [1.29, 1.82) is 0 Å². The predicted molar refractivity (Wildman–Crippen MR) is 70.2 cm³/mol. The van der Waals surface area contributed by atoms with Crippen LogP contribution in [-0.2, 0) is 9.84 Å². The van der Waals surface area contributed by atoms with Gasteiger partial charge in [0.2, 0.25) is 0 Å². The Bertz CT molecular complexity index is 514. The molecule has 100 valence electrons. The number of carbonyl (C=O) groups excluding carboxylic acids is 1. The third-order valence-electron chi connectivity index (χ3n) is 2.34. The van der Waals surface area contributed by atoms with Crippen LogP contribution in [0.15, 0.2) is 29.2 Å². The second kappa shape index (κ2) is 6.25. The minimum absolute atomic E-state index is 0.0469. The first kappa shape index (κ1) is 14.3. The molecule has 0 radical (unpaired) electrons. The van der Waals surface area contributed by atoms with Gasteiger partial charge in [-0.25, -0.2) is 13.2 Å². The van der Waals surface area contributed by atoms with Crippen LogP contribution in [0, 0.1) is 0 Å². The predicted octanol–water partition coefficient (Wildman–Crippen LogP) is 0.560. The Morgan fingerprint density at radius 2 is 1.94 bits per heavy atom. The molecule has 4 N–H and O–H groups in total. The number of hydrogen-bond acceptors (Lipinski definition) is 4. The lowest BCUT2D eigenvalue weighted by atomic mass is 10.3. The zero-order chi connectivity index (χ0) is 13.6. The van der Waals surface area contributed by atoms with Gasteiger partial charge in [0.05, 0.1) is 16.3 Å². The molecular formula is C11H17N3O3S. The maximum absolute atomic E-state index is 11.8. The van der Waals surface area contributed by atoms with E-state index in [4.69, 9.17) is 5.73 Å². The number of benzene rings is 1. The molecule has 0 fully saturated rings. The Morgan fingerprint density at radius 3 is 2.56 bits per heavy atom. The van der Waals surface area contributed by atoms with Crippen molar-refractivity contribution in [2.45, 2.75) is 11.8 Å². The maximum atomic E-state index is 11.8. The number of primary amides is 1. The molecular weight excluding hydrogens is 254 g/mol. The number of carbonyl (C=O) groups is 1. The summed E-state index contributed by atoms with van der Waals surface area (Å²) in [5.74, 6) is 0.0469. The van der Waals surface area contributed by atoms with E-state index in [2.05, 4.69) is 10.6 Å². The largest absolute Gasteiger partial charge is 0.382 e. The zero-order valence-corrected chi connectivity index (χ0v) is 11.0. The van der Waals surface area contributed by atoms with Crippen molar-refractivity contribution < 1.29 is 13.2 Å². The Kier molecular flexibility index (Phi) is 4.96.